The molecule has 108 valence electrons. The number of carbonyl (C=O) groups is 1. The highest BCUT2D eigenvalue weighted by Gasteiger charge is 2.34. The minimum Gasteiger partial charge on any atom is -0.321 e. The van der Waals surface area contributed by atoms with E-state index in [4.69, 9.17) is 0 Å². The van der Waals surface area contributed by atoms with Crippen molar-refractivity contribution in [1.82, 2.24) is 10.2 Å². The number of benzene rings is 1. The zero-order chi connectivity index (χ0) is 13.9. The summed E-state index contributed by atoms with van der Waals surface area (Å²) in [5, 5.41) is 3.14. The van der Waals surface area contributed by atoms with E-state index in [0.29, 0.717) is 18.0 Å². The van der Waals surface area contributed by atoms with E-state index in [-0.39, 0.29) is 17.9 Å². The zero-order valence-electron chi connectivity index (χ0n) is 11.6. The van der Waals surface area contributed by atoms with Gasteiger partial charge in [0.1, 0.15) is 12.0 Å². The molecule has 0 radical (unpaired) electrons. The predicted octanol–water partition coefficient (Wildman–Crippen LogP) is 2.84. The van der Waals surface area contributed by atoms with Gasteiger partial charge in [0.2, 0.25) is 5.91 Å². The second-order valence-electron chi connectivity index (χ2n) is 5.86. The summed E-state index contributed by atoms with van der Waals surface area (Å²) in [4.78, 5) is 13.9. The number of nitrogens with one attached hydrogen (secondary N) is 1. The Morgan fingerprint density at radius 3 is 2.70 bits per heavy atom. The fourth-order valence-corrected chi connectivity index (χ4v) is 3.37. The first-order valence-corrected chi connectivity index (χ1v) is 7.53. The molecule has 3 rings (SSSR count). The van der Waals surface area contributed by atoms with Gasteiger partial charge in [-0.3, -0.25) is 10.1 Å². The lowest BCUT2D eigenvalue weighted by atomic mass is 9.89. The summed E-state index contributed by atoms with van der Waals surface area (Å²) in [6.07, 6.45) is 5.89. The van der Waals surface area contributed by atoms with E-state index < -0.39 is 0 Å². The van der Waals surface area contributed by atoms with Crippen molar-refractivity contribution in [3.05, 3.63) is 35.6 Å². The fraction of sp³-hybridized carbons (Fsp3) is 0.562. The Morgan fingerprint density at radius 2 is 1.95 bits per heavy atom. The van der Waals surface area contributed by atoms with Gasteiger partial charge in [0, 0.05) is 12.1 Å². The Morgan fingerprint density at radius 1 is 1.20 bits per heavy atom. The molecule has 1 heterocycles. The molecular weight excluding hydrogens is 255 g/mol. The van der Waals surface area contributed by atoms with Crippen LogP contribution in [0.5, 0.6) is 0 Å². The topological polar surface area (TPSA) is 32.3 Å². The van der Waals surface area contributed by atoms with Gasteiger partial charge in [0.25, 0.3) is 0 Å². The van der Waals surface area contributed by atoms with Crippen LogP contribution in [0.4, 0.5) is 4.39 Å². The first-order chi connectivity index (χ1) is 9.75. The molecule has 1 aromatic rings. The van der Waals surface area contributed by atoms with Crippen molar-refractivity contribution < 1.29 is 9.18 Å². The van der Waals surface area contributed by atoms with Gasteiger partial charge >= 0.3 is 0 Å². The summed E-state index contributed by atoms with van der Waals surface area (Å²) < 4.78 is 13.9. The van der Waals surface area contributed by atoms with Gasteiger partial charge in [0.15, 0.2) is 0 Å². The van der Waals surface area contributed by atoms with Crippen LogP contribution in [0.3, 0.4) is 0 Å². The maximum atomic E-state index is 13.9. The molecule has 1 saturated carbocycles. The molecule has 0 aromatic heterocycles. The summed E-state index contributed by atoms with van der Waals surface area (Å²) in [5.74, 6) is 0.416. The Kier molecular flexibility index (Phi) is 4.01. The van der Waals surface area contributed by atoms with Gasteiger partial charge in [-0.1, -0.05) is 37.5 Å². The zero-order valence-corrected chi connectivity index (χ0v) is 11.6. The molecule has 2 fully saturated rings. The molecule has 0 bridgehead atoms. The van der Waals surface area contributed by atoms with Crippen LogP contribution in [0.15, 0.2) is 24.3 Å². The van der Waals surface area contributed by atoms with Crippen molar-refractivity contribution in [2.75, 3.05) is 13.1 Å². The largest absolute Gasteiger partial charge is 0.321 e. The van der Waals surface area contributed by atoms with E-state index >= 15 is 0 Å². The van der Waals surface area contributed by atoms with Crippen LogP contribution in [0.2, 0.25) is 0 Å². The lowest BCUT2D eigenvalue weighted by Crippen LogP contribution is -2.35. The van der Waals surface area contributed by atoms with Gasteiger partial charge in [0.05, 0.1) is 6.54 Å². The van der Waals surface area contributed by atoms with Crippen LogP contribution in [-0.2, 0) is 4.79 Å². The molecular formula is C16H21FN2O. The highest BCUT2D eigenvalue weighted by Crippen LogP contribution is 2.30. The lowest BCUT2D eigenvalue weighted by Gasteiger charge is -2.31. The third-order valence-corrected chi connectivity index (χ3v) is 4.46. The maximum Gasteiger partial charge on any atom is 0.238 e. The van der Waals surface area contributed by atoms with E-state index in [1.54, 1.807) is 12.1 Å². The van der Waals surface area contributed by atoms with E-state index in [0.717, 1.165) is 6.54 Å². The molecule has 1 atom stereocenters. The standard InChI is InChI=1S/C16H21FN2O/c17-14-9-5-4-8-13(14)16-18-10-15(20)19(16)11-12-6-2-1-3-7-12/h4-5,8-9,12,16,18H,1-3,6-7,10-11H2. The number of halogens is 1. The predicted molar refractivity (Wildman–Crippen MR) is 75.4 cm³/mol. The summed E-state index contributed by atoms with van der Waals surface area (Å²) in [7, 11) is 0. The van der Waals surface area contributed by atoms with E-state index in [1.807, 2.05) is 11.0 Å². The molecule has 1 unspecified atom stereocenters. The highest BCUT2D eigenvalue weighted by atomic mass is 19.1. The van der Waals surface area contributed by atoms with Crippen molar-refractivity contribution in [2.45, 2.75) is 38.3 Å². The summed E-state index contributed by atoms with van der Waals surface area (Å²) >= 11 is 0. The van der Waals surface area contributed by atoms with Gasteiger partial charge in [-0.05, 0) is 24.8 Å². The van der Waals surface area contributed by atoms with Gasteiger partial charge in [-0.15, -0.1) is 0 Å². The molecule has 0 spiro atoms. The Labute approximate surface area is 119 Å². The molecule has 1 N–H and O–H groups in total. The van der Waals surface area contributed by atoms with Gasteiger partial charge < -0.3 is 4.90 Å². The molecule has 4 heteroatoms. The van der Waals surface area contributed by atoms with Gasteiger partial charge in [-0.25, -0.2) is 4.39 Å². The monoisotopic (exact) mass is 276 g/mol. The molecule has 1 amide bonds. The summed E-state index contributed by atoms with van der Waals surface area (Å²) in [6.45, 7) is 1.07. The van der Waals surface area contributed by atoms with Crippen molar-refractivity contribution in [2.24, 2.45) is 5.92 Å². The first kappa shape index (κ1) is 13.6. The number of hydrogen-bond acceptors (Lipinski definition) is 2. The van der Waals surface area contributed by atoms with Crippen LogP contribution >= 0.6 is 0 Å². The average molecular weight is 276 g/mol. The molecule has 1 aliphatic carbocycles. The third-order valence-electron chi connectivity index (χ3n) is 4.46. The van der Waals surface area contributed by atoms with E-state index in [2.05, 4.69) is 5.32 Å². The normalized spacial score (nSPS) is 24.4. The molecule has 1 aliphatic heterocycles. The fourth-order valence-electron chi connectivity index (χ4n) is 3.37. The summed E-state index contributed by atoms with van der Waals surface area (Å²) in [6, 6.07) is 6.72. The van der Waals surface area contributed by atoms with Crippen molar-refractivity contribution in [3.8, 4) is 0 Å². The van der Waals surface area contributed by atoms with Crippen molar-refractivity contribution >= 4 is 5.91 Å². The average Bonchev–Trinajstić information content (AvgIpc) is 2.82. The van der Waals surface area contributed by atoms with E-state index in [9.17, 15) is 9.18 Å². The van der Waals surface area contributed by atoms with Crippen LogP contribution in [0.25, 0.3) is 0 Å². The van der Waals surface area contributed by atoms with E-state index in [1.165, 1.54) is 38.2 Å². The Bertz CT molecular complexity index is 485. The molecule has 2 aliphatic rings. The SMILES string of the molecule is O=C1CNC(c2ccccc2F)N1CC1CCCCC1. The Hall–Kier alpha value is -1.42. The van der Waals surface area contributed by atoms with Gasteiger partial charge in [-0.2, -0.15) is 0 Å². The highest BCUT2D eigenvalue weighted by molar-refractivity contribution is 5.81. The Balaban J connectivity index is 1.76. The second kappa shape index (κ2) is 5.92. The molecule has 3 nitrogen and oxygen atoms in total. The quantitative estimate of drug-likeness (QED) is 0.920. The van der Waals surface area contributed by atoms with Crippen LogP contribution in [-0.4, -0.2) is 23.9 Å². The number of amides is 1. The number of rotatable bonds is 3. The number of nitrogens with zero attached hydrogens (tertiary/aromatic N) is 1. The number of carbonyl (C=O) groups excluding carboxylic acids is 1. The second-order valence-corrected chi connectivity index (χ2v) is 5.86. The molecule has 1 aromatic carbocycles. The minimum absolute atomic E-state index is 0.0869. The smallest absolute Gasteiger partial charge is 0.238 e. The summed E-state index contributed by atoms with van der Waals surface area (Å²) in [5.41, 5.74) is 0.578. The number of hydrogen-bond donors (Lipinski definition) is 1. The lowest BCUT2D eigenvalue weighted by molar-refractivity contribution is -0.128. The van der Waals surface area contributed by atoms with Crippen molar-refractivity contribution in [1.29, 1.82) is 0 Å². The minimum atomic E-state index is -0.300. The van der Waals surface area contributed by atoms with Crippen LogP contribution < -0.4 is 5.32 Å². The third kappa shape index (κ3) is 2.70. The van der Waals surface area contributed by atoms with Crippen LogP contribution in [0, 0.1) is 11.7 Å². The van der Waals surface area contributed by atoms with Crippen LogP contribution in [0.1, 0.15) is 43.8 Å². The first-order valence-electron chi connectivity index (χ1n) is 7.53. The van der Waals surface area contributed by atoms with Crippen molar-refractivity contribution in [3.63, 3.8) is 0 Å². The maximum absolute atomic E-state index is 13.9. The molecule has 20 heavy (non-hydrogen) atoms. The molecule has 1 saturated heterocycles.